The van der Waals surface area contributed by atoms with Crippen molar-refractivity contribution in [1.29, 1.82) is 5.26 Å². The van der Waals surface area contributed by atoms with Crippen LogP contribution in [0.1, 0.15) is 21.5 Å². The van der Waals surface area contributed by atoms with Crippen molar-refractivity contribution in [3.8, 4) is 6.07 Å². The van der Waals surface area contributed by atoms with E-state index in [4.69, 9.17) is 5.26 Å². The molecule has 100 valence electrons. The second kappa shape index (κ2) is 6.31. The molecule has 1 aromatic carbocycles. The number of benzene rings is 1. The zero-order chi connectivity index (χ0) is 14.5. The van der Waals surface area contributed by atoms with Gasteiger partial charge in [-0.15, -0.1) is 0 Å². The molecule has 20 heavy (non-hydrogen) atoms. The highest BCUT2D eigenvalue weighted by molar-refractivity contribution is 9.10. The summed E-state index contributed by atoms with van der Waals surface area (Å²) in [6, 6.07) is 11.0. The maximum Gasteiger partial charge on any atom is 0.255 e. The van der Waals surface area contributed by atoms with Crippen molar-refractivity contribution in [3.05, 3.63) is 63.9 Å². The molecule has 0 radical (unpaired) electrons. The fourth-order valence-electron chi connectivity index (χ4n) is 1.78. The maximum absolute atomic E-state index is 12.2. The third-order valence-electron chi connectivity index (χ3n) is 2.80. The van der Waals surface area contributed by atoms with E-state index < -0.39 is 0 Å². The Labute approximate surface area is 125 Å². The van der Waals surface area contributed by atoms with Crippen LogP contribution in [0.15, 0.2) is 47.2 Å². The van der Waals surface area contributed by atoms with Crippen LogP contribution in [0.2, 0.25) is 0 Å². The highest BCUT2D eigenvalue weighted by Crippen LogP contribution is 2.13. The Morgan fingerprint density at radius 2 is 2.05 bits per heavy atom. The number of aromatic nitrogens is 1. The largest absolute Gasteiger partial charge is 0.337 e. The highest BCUT2D eigenvalue weighted by atomic mass is 79.9. The monoisotopic (exact) mass is 329 g/mol. The molecule has 4 nitrogen and oxygen atoms in total. The van der Waals surface area contributed by atoms with Gasteiger partial charge in [0.1, 0.15) is 0 Å². The third-order valence-corrected chi connectivity index (χ3v) is 3.23. The highest BCUT2D eigenvalue weighted by Gasteiger charge is 2.12. The van der Waals surface area contributed by atoms with Crippen molar-refractivity contribution in [3.63, 3.8) is 0 Å². The molecule has 2 rings (SSSR count). The lowest BCUT2D eigenvalue weighted by Crippen LogP contribution is -2.26. The number of carbonyl (C=O) groups excluding carboxylic acids is 1. The van der Waals surface area contributed by atoms with Gasteiger partial charge in [-0.2, -0.15) is 5.26 Å². The first-order valence-corrected chi connectivity index (χ1v) is 6.74. The van der Waals surface area contributed by atoms with Gasteiger partial charge in [-0.1, -0.05) is 12.1 Å². The summed E-state index contributed by atoms with van der Waals surface area (Å²) in [6.07, 6.45) is 3.18. The number of carbonyl (C=O) groups is 1. The zero-order valence-electron chi connectivity index (χ0n) is 10.9. The first-order valence-electron chi connectivity index (χ1n) is 5.95. The Morgan fingerprint density at radius 3 is 2.65 bits per heavy atom. The molecular weight excluding hydrogens is 318 g/mol. The standard InChI is InChI=1S/C15H12BrN3O/c1-19(10-12-4-2-11(7-17)3-5-12)15(20)13-6-14(16)9-18-8-13/h2-6,8-9H,10H2,1H3. The van der Waals surface area contributed by atoms with Crippen LogP contribution in [-0.2, 0) is 6.54 Å². The molecule has 0 N–H and O–H groups in total. The van der Waals surface area contributed by atoms with E-state index in [9.17, 15) is 4.79 Å². The fourth-order valence-corrected chi connectivity index (χ4v) is 2.14. The summed E-state index contributed by atoms with van der Waals surface area (Å²) < 4.78 is 0.773. The summed E-state index contributed by atoms with van der Waals surface area (Å²) in [5.41, 5.74) is 2.12. The second-order valence-electron chi connectivity index (χ2n) is 4.36. The van der Waals surface area contributed by atoms with E-state index in [0.717, 1.165) is 10.0 Å². The summed E-state index contributed by atoms with van der Waals surface area (Å²) >= 11 is 3.30. The summed E-state index contributed by atoms with van der Waals surface area (Å²) in [6.45, 7) is 0.483. The fraction of sp³-hybridized carbons (Fsp3) is 0.133. The van der Waals surface area contributed by atoms with Crippen molar-refractivity contribution >= 4 is 21.8 Å². The van der Waals surface area contributed by atoms with Crippen LogP contribution >= 0.6 is 15.9 Å². The van der Waals surface area contributed by atoms with E-state index in [1.54, 1.807) is 42.5 Å². The van der Waals surface area contributed by atoms with Crippen molar-refractivity contribution in [2.75, 3.05) is 7.05 Å². The second-order valence-corrected chi connectivity index (χ2v) is 5.28. The summed E-state index contributed by atoms with van der Waals surface area (Å²) in [7, 11) is 1.74. The molecule has 0 spiro atoms. The van der Waals surface area contributed by atoms with Crippen LogP contribution in [0.3, 0.4) is 0 Å². The molecule has 0 atom stereocenters. The lowest BCUT2D eigenvalue weighted by atomic mass is 10.1. The molecule has 1 heterocycles. The molecule has 0 saturated heterocycles. The Kier molecular flexibility index (Phi) is 4.49. The van der Waals surface area contributed by atoms with Gasteiger partial charge in [0.05, 0.1) is 17.2 Å². The quantitative estimate of drug-likeness (QED) is 0.869. The van der Waals surface area contributed by atoms with Crippen LogP contribution in [0.5, 0.6) is 0 Å². The van der Waals surface area contributed by atoms with Crippen LogP contribution in [-0.4, -0.2) is 22.8 Å². The number of hydrogen-bond acceptors (Lipinski definition) is 3. The van der Waals surface area contributed by atoms with Crippen molar-refractivity contribution in [1.82, 2.24) is 9.88 Å². The molecule has 5 heteroatoms. The van der Waals surface area contributed by atoms with E-state index >= 15 is 0 Å². The van der Waals surface area contributed by atoms with Gasteiger partial charge in [-0.3, -0.25) is 9.78 Å². The van der Waals surface area contributed by atoms with E-state index in [2.05, 4.69) is 27.0 Å². The van der Waals surface area contributed by atoms with E-state index in [0.29, 0.717) is 17.7 Å². The lowest BCUT2D eigenvalue weighted by molar-refractivity contribution is 0.0784. The summed E-state index contributed by atoms with van der Waals surface area (Å²) in [4.78, 5) is 17.8. The van der Waals surface area contributed by atoms with Gasteiger partial charge in [-0.05, 0) is 39.7 Å². The molecule has 1 amide bonds. The Hall–Kier alpha value is -2.19. The molecular formula is C15H12BrN3O. The first-order chi connectivity index (χ1) is 9.60. The number of hydrogen-bond donors (Lipinski definition) is 0. The van der Waals surface area contributed by atoms with E-state index in [1.807, 2.05) is 12.1 Å². The molecule has 2 aromatic rings. The van der Waals surface area contributed by atoms with Gasteiger partial charge in [0, 0.05) is 30.5 Å². The lowest BCUT2D eigenvalue weighted by Gasteiger charge is -2.17. The Morgan fingerprint density at radius 1 is 1.35 bits per heavy atom. The van der Waals surface area contributed by atoms with Gasteiger partial charge in [0.25, 0.3) is 5.91 Å². The third kappa shape index (κ3) is 3.43. The van der Waals surface area contributed by atoms with Crippen LogP contribution < -0.4 is 0 Å². The average molecular weight is 330 g/mol. The van der Waals surface area contributed by atoms with Crippen LogP contribution in [0.25, 0.3) is 0 Å². The van der Waals surface area contributed by atoms with Gasteiger partial charge in [0.2, 0.25) is 0 Å². The number of nitriles is 1. The van der Waals surface area contributed by atoms with Crippen LogP contribution in [0.4, 0.5) is 0 Å². The van der Waals surface area contributed by atoms with E-state index in [1.165, 1.54) is 0 Å². The van der Waals surface area contributed by atoms with Gasteiger partial charge in [0.15, 0.2) is 0 Å². The predicted octanol–water partition coefficient (Wildman–Crippen LogP) is 2.99. The number of halogens is 1. The predicted molar refractivity (Wildman–Crippen MR) is 78.9 cm³/mol. The van der Waals surface area contributed by atoms with Gasteiger partial charge in [-0.25, -0.2) is 0 Å². The minimum absolute atomic E-state index is 0.0943. The number of amides is 1. The first kappa shape index (κ1) is 14.2. The molecule has 0 aliphatic heterocycles. The zero-order valence-corrected chi connectivity index (χ0v) is 12.5. The summed E-state index contributed by atoms with van der Waals surface area (Å²) in [5, 5.41) is 8.75. The molecule has 0 fully saturated rings. The van der Waals surface area contributed by atoms with Crippen molar-refractivity contribution < 1.29 is 4.79 Å². The molecule has 0 aliphatic rings. The normalized spacial score (nSPS) is 9.85. The van der Waals surface area contributed by atoms with Gasteiger partial charge >= 0.3 is 0 Å². The van der Waals surface area contributed by atoms with Crippen molar-refractivity contribution in [2.24, 2.45) is 0 Å². The maximum atomic E-state index is 12.2. The molecule has 0 saturated carbocycles. The number of nitrogens with zero attached hydrogens (tertiary/aromatic N) is 3. The minimum atomic E-state index is -0.0943. The van der Waals surface area contributed by atoms with Gasteiger partial charge < -0.3 is 4.90 Å². The van der Waals surface area contributed by atoms with E-state index in [-0.39, 0.29) is 5.91 Å². The minimum Gasteiger partial charge on any atom is -0.337 e. The number of pyridine rings is 1. The Balaban J connectivity index is 2.09. The Bertz CT molecular complexity index is 662. The smallest absolute Gasteiger partial charge is 0.255 e. The topological polar surface area (TPSA) is 57.0 Å². The molecule has 0 aliphatic carbocycles. The SMILES string of the molecule is CN(Cc1ccc(C#N)cc1)C(=O)c1cncc(Br)c1. The van der Waals surface area contributed by atoms with Crippen molar-refractivity contribution in [2.45, 2.75) is 6.54 Å². The molecule has 0 bridgehead atoms. The number of rotatable bonds is 3. The summed E-state index contributed by atoms with van der Waals surface area (Å²) in [5.74, 6) is -0.0943. The molecule has 0 unspecified atom stereocenters. The molecule has 1 aromatic heterocycles. The average Bonchev–Trinajstić information content (AvgIpc) is 2.47. The van der Waals surface area contributed by atoms with Crippen LogP contribution in [0, 0.1) is 11.3 Å².